The molecular weight excluding hydrogens is 368 g/mol. The van der Waals surface area contributed by atoms with Gasteiger partial charge < -0.3 is 9.88 Å². The van der Waals surface area contributed by atoms with Crippen LogP contribution in [0.2, 0.25) is 0 Å². The SMILES string of the molecule is CCCNc1nc(-c2cc(C)n(-c3ccc(S(N)(=O)=O)cc3)c2C)cs1. The zero-order chi connectivity index (χ0) is 18.9. The summed E-state index contributed by atoms with van der Waals surface area (Å²) in [5.74, 6) is 0. The van der Waals surface area contributed by atoms with Gasteiger partial charge in [0, 0.05) is 34.6 Å². The van der Waals surface area contributed by atoms with Crippen molar-refractivity contribution in [3.8, 4) is 16.9 Å². The van der Waals surface area contributed by atoms with Crippen LogP contribution in [0.5, 0.6) is 0 Å². The number of thiazole rings is 1. The van der Waals surface area contributed by atoms with Crippen LogP contribution >= 0.6 is 11.3 Å². The number of nitrogens with zero attached hydrogens (tertiary/aromatic N) is 2. The Morgan fingerprint density at radius 2 is 1.92 bits per heavy atom. The first-order valence-corrected chi connectivity index (χ1v) is 10.8. The third-order valence-corrected chi connectivity index (χ3v) is 5.89. The minimum absolute atomic E-state index is 0.107. The van der Waals surface area contributed by atoms with Crippen LogP contribution in [0.25, 0.3) is 16.9 Å². The zero-order valence-corrected chi connectivity index (χ0v) is 16.6. The zero-order valence-electron chi connectivity index (χ0n) is 15.0. The number of anilines is 1. The van der Waals surface area contributed by atoms with Gasteiger partial charge in [0.1, 0.15) is 0 Å². The summed E-state index contributed by atoms with van der Waals surface area (Å²) in [6.07, 6.45) is 1.05. The van der Waals surface area contributed by atoms with Crippen molar-refractivity contribution < 1.29 is 8.42 Å². The molecule has 2 aromatic heterocycles. The van der Waals surface area contributed by atoms with E-state index >= 15 is 0 Å². The first-order valence-electron chi connectivity index (χ1n) is 8.33. The van der Waals surface area contributed by atoms with Crippen LogP contribution in [0.1, 0.15) is 24.7 Å². The fourth-order valence-electron chi connectivity index (χ4n) is 2.91. The Kier molecular flexibility index (Phi) is 5.17. The van der Waals surface area contributed by atoms with Gasteiger partial charge in [-0.25, -0.2) is 18.5 Å². The van der Waals surface area contributed by atoms with Gasteiger partial charge in [0.05, 0.1) is 10.6 Å². The highest BCUT2D eigenvalue weighted by atomic mass is 32.2. The first kappa shape index (κ1) is 18.6. The quantitative estimate of drug-likeness (QED) is 0.672. The molecule has 0 bridgehead atoms. The van der Waals surface area contributed by atoms with Crippen molar-refractivity contribution in [1.29, 1.82) is 0 Å². The molecule has 0 spiro atoms. The van der Waals surface area contributed by atoms with Crippen LogP contribution in [0.15, 0.2) is 40.6 Å². The average Bonchev–Trinajstić information content (AvgIpc) is 3.16. The van der Waals surface area contributed by atoms with Crippen molar-refractivity contribution in [2.45, 2.75) is 32.1 Å². The molecule has 3 N–H and O–H groups in total. The Morgan fingerprint density at radius 1 is 1.23 bits per heavy atom. The van der Waals surface area contributed by atoms with Gasteiger partial charge in [-0.3, -0.25) is 0 Å². The van der Waals surface area contributed by atoms with Crippen LogP contribution < -0.4 is 10.5 Å². The fraction of sp³-hybridized carbons (Fsp3) is 0.278. The van der Waals surface area contributed by atoms with Crippen LogP contribution in [0.3, 0.4) is 0 Å². The number of aromatic nitrogens is 2. The first-order chi connectivity index (χ1) is 12.3. The summed E-state index contributed by atoms with van der Waals surface area (Å²) in [7, 11) is -3.69. The monoisotopic (exact) mass is 390 g/mol. The van der Waals surface area contributed by atoms with Crippen LogP contribution in [0, 0.1) is 13.8 Å². The lowest BCUT2D eigenvalue weighted by Crippen LogP contribution is -2.12. The van der Waals surface area contributed by atoms with E-state index in [4.69, 9.17) is 5.14 Å². The summed E-state index contributed by atoms with van der Waals surface area (Å²) < 4.78 is 25.0. The van der Waals surface area contributed by atoms with Crippen molar-refractivity contribution in [3.05, 3.63) is 47.1 Å². The number of nitrogens with one attached hydrogen (secondary N) is 1. The number of rotatable bonds is 6. The van der Waals surface area contributed by atoms with E-state index in [2.05, 4.69) is 27.9 Å². The average molecular weight is 391 g/mol. The molecule has 1 aromatic carbocycles. The Balaban J connectivity index is 1.97. The highest BCUT2D eigenvalue weighted by Crippen LogP contribution is 2.31. The van der Waals surface area contributed by atoms with Gasteiger partial charge in [-0.1, -0.05) is 6.92 Å². The molecule has 2 heterocycles. The van der Waals surface area contributed by atoms with Crippen LogP contribution in [-0.4, -0.2) is 24.5 Å². The van der Waals surface area contributed by atoms with Crippen molar-refractivity contribution in [2.75, 3.05) is 11.9 Å². The molecule has 8 heteroatoms. The number of nitrogens with two attached hydrogens (primary N) is 1. The molecule has 0 atom stereocenters. The van der Waals surface area contributed by atoms with E-state index in [0.29, 0.717) is 0 Å². The third kappa shape index (κ3) is 3.67. The molecule has 0 saturated carbocycles. The van der Waals surface area contributed by atoms with E-state index in [1.54, 1.807) is 23.5 Å². The van der Waals surface area contributed by atoms with Crippen LogP contribution in [-0.2, 0) is 10.0 Å². The van der Waals surface area contributed by atoms with Gasteiger partial charge in [0.25, 0.3) is 0 Å². The second-order valence-corrected chi connectivity index (χ2v) is 8.54. The standard InChI is InChI=1S/C18H22N4O2S2/c1-4-9-20-18-21-17(11-25-18)16-10-12(2)22(13(16)3)14-5-7-15(8-6-14)26(19,23)24/h5-8,10-11H,4,9H2,1-3H3,(H,20,21)(H2,19,23,24). The van der Waals surface area contributed by atoms with Gasteiger partial charge in [0.2, 0.25) is 10.0 Å². The van der Waals surface area contributed by atoms with E-state index in [1.807, 2.05) is 19.2 Å². The Labute approximate surface area is 157 Å². The summed E-state index contributed by atoms with van der Waals surface area (Å²) in [4.78, 5) is 4.78. The maximum atomic E-state index is 11.4. The molecule has 6 nitrogen and oxygen atoms in total. The summed E-state index contributed by atoms with van der Waals surface area (Å²) in [6.45, 7) is 7.08. The molecule has 0 radical (unpaired) electrons. The predicted molar refractivity (Wildman–Crippen MR) is 107 cm³/mol. The molecule has 3 rings (SSSR count). The number of hydrogen-bond acceptors (Lipinski definition) is 5. The molecule has 26 heavy (non-hydrogen) atoms. The Morgan fingerprint density at radius 3 is 2.54 bits per heavy atom. The predicted octanol–water partition coefficient (Wildman–Crippen LogP) is 3.69. The van der Waals surface area contributed by atoms with Gasteiger partial charge >= 0.3 is 0 Å². The lowest BCUT2D eigenvalue weighted by atomic mass is 10.2. The van der Waals surface area contributed by atoms with Crippen molar-refractivity contribution in [1.82, 2.24) is 9.55 Å². The van der Waals surface area contributed by atoms with Crippen LogP contribution in [0.4, 0.5) is 5.13 Å². The molecule has 0 aliphatic carbocycles. The van der Waals surface area contributed by atoms with Gasteiger partial charge in [-0.15, -0.1) is 11.3 Å². The lowest BCUT2D eigenvalue weighted by Gasteiger charge is -2.10. The second-order valence-electron chi connectivity index (χ2n) is 6.12. The molecule has 0 aliphatic heterocycles. The summed E-state index contributed by atoms with van der Waals surface area (Å²) in [6, 6.07) is 8.68. The van der Waals surface area contributed by atoms with Gasteiger partial charge in [-0.2, -0.15) is 0 Å². The summed E-state index contributed by atoms with van der Waals surface area (Å²) in [5.41, 5.74) is 5.00. The van der Waals surface area contributed by atoms with E-state index < -0.39 is 10.0 Å². The minimum Gasteiger partial charge on any atom is -0.362 e. The Bertz CT molecular complexity index is 1020. The number of hydrogen-bond donors (Lipinski definition) is 2. The number of aryl methyl sites for hydroxylation is 1. The lowest BCUT2D eigenvalue weighted by molar-refractivity contribution is 0.598. The highest BCUT2D eigenvalue weighted by Gasteiger charge is 2.15. The molecule has 0 aliphatic rings. The summed E-state index contributed by atoms with van der Waals surface area (Å²) in [5, 5.41) is 11.5. The van der Waals surface area contributed by atoms with Gasteiger partial charge in [-0.05, 0) is 50.6 Å². The molecular formula is C18H22N4O2S2. The molecule has 138 valence electrons. The molecule has 0 amide bonds. The third-order valence-electron chi connectivity index (χ3n) is 4.16. The normalized spacial score (nSPS) is 11.7. The molecule has 0 unspecified atom stereocenters. The van der Waals surface area contributed by atoms with Crippen molar-refractivity contribution >= 4 is 26.5 Å². The molecule has 3 aromatic rings. The molecule has 0 fully saturated rings. The summed E-state index contributed by atoms with van der Waals surface area (Å²) >= 11 is 1.60. The maximum Gasteiger partial charge on any atom is 0.238 e. The topological polar surface area (TPSA) is 90.0 Å². The fourth-order valence-corrected chi connectivity index (χ4v) is 4.17. The highest BCUT2D eigenvalue weighted by molar-refractivity contribution is 7.89. The van der Waals surface area contributed by atoms with E-state index in [9.17, 15) is 8.42 Å². The van der Waals surface area contributed by atoms with Crippen molar-refractivity contribution in [3.63, 3.8) is 0 Å². The van der Waals surface area contributed by atoms with Gasteiger partial charge in [0.15, 0.2) is 5.13 Å². The second kappa shape index (κ2) is 7.22. The Hall–Kier alpha value is -2.16. The largest absolute Gasteiger partial charge is 0.362 e. The maximum absolute atomic E-state index is 11.4. The van der Waals surface area contributed by atoms with E-state index in [-0.39, 0.29) is 4.90 Å². The number of benzene rings is 1. The van der Waals surface area contributed by atoms with E-state index in [1.165, 1.54) is 12.1 Å². The number of primary sulfonamides is 1. The minimum atomic E-state index is -3.69. The van der Waals surface area contributed by atoms with Crippen molar-refractivity contribution in [2.24, 2.45) is 5.14 Å². The molecule has 0 saturated heterocycles. The smallest absolute Gasteiger partial charge is 0.238 e. The number of sulfonamides is 1. The van der Waals surface area contributed by atoms with E-state index in [0.717, 1.165) is 46.4 Å².